The molecule has 4 fully saturated rings. The van der Waals surface area contributed by atoms with Crippen LogP contribution in [0.1, 0.15) is 78.6 Å². The second-order valence-corrected chi connectivity index (χ2v) is 14.6. The number of alkyl halides is 5. The van der Waals surface area contributed by atoms with Gasteiger partial charge >= 0.3 is 17.4 Å². The van der Waals surface area contributed by atoms with Gasteiger partial charge in [-0.15, -0.1) is 0 Å². The van der Waals surface area contributed by atoms with Crippen LogP contribution < -0.4 is 0 Å². The van der Waals surface area contributed by atoms with Gasteiger partial charge in [0, 0.05) is 37.0 Å². The second-order valence-electron chi connectivity index (χ2n) is 13.1. The van der Waals surface area contributed by atoms with Crippen molar-refractivity contribution >= 4 is 27.7 Å². The molecule has 2 unspecified atom stereocenters. The molecule has 8 nitrogen and oxygen atoms in total. The number of hydrogen-bond acceptors (Lipinski definition) is 8. The summed E-state index contributed by atoms with van der Waals surface area (Å²) in [5.41, 5.74) is -0.997. The highest BCUT2D eigenvalue weighted by Gasteiger charge is 2.66. The Morgan fingerprint density at radius 2 is 1.76 bits per heavy atom. The molecule has 234 valence electrons. The summed E-state index contributed by atoms with van der Waals surface area (Å²) in [5, 5.41) is 5.62. The zero-order chi connectivity index (χ0) is 30.9. The molecule has 4 aliphatic carbocycles. The maximum atomic E-state index is 13.7. The minimum Gasteiger partial charge on any atom is -0.743 e. The zero-order valence-corrected chi connectivity index (χ0v) is 23.9. The topological polar surface area (TPSA) is 138 Å². The molecule has 0 aromatic carbocycles. The van der Waals surface area contributed by atoms with Gasteiger partial charge in [-0.2, -0.15) is 22.0 Å². The smallest absolute Gasteiger partial charge is 0.432 e. The Balaban J connectivity index is 1.47. The largest absolute Gasteiger partial charge is 0.743 e. The number of carbonyl (C=O) groups is 3. The molecule has 4 rings (SSSR count). The first kappa shape index (κ1) is 32.2. The van der Waals surface area contributed by atoms with Crippen molar-refractivity contribution in [2.45, 2.75) is 102 Å². The molecule has 0 amide bonds. The highest BCUT2D eigenvalue weighted by atomic mass is 32.2. The summed E-state index contributed by atoms with van der Waals surface area (Å²) in [5.74, 6) is -2.76. The van der Waals surface area contributed by atoms with Gasteiger partial charge in [-0.1, -0.05) is 20.8 Å². The van der Waals surface area contributed by atoms with E-state index in [1.54, 1.807) is 6.92 Å². The van der Waals surface area contributed by atoms with Crippen molar-refractivity contribution < 1.29 is 59.1 Å². The lowest BCUT2D eigenvalue weighted by Gasteiger charge is -2.61. The first-order valence-corrected chi connectivity index (χ1v) is 15.4. The summed E-state index contributed by atoms with van der Waals surface area (Å²) in [6.45, 7) is 5.71. The van der Waals surface area contributed by atoms with Crippen molar-refractivity contribution in [2.24, 2.45) is 46.3 Å². The van der Waals surface area contributed by atoms with E-state index in [2.05, 4.69) is 11.7 Å². The van der Waals surface area contributed by atoms with Crippen LogP contribution in [0.15, 0.2) is 0 Å². The maximum absolute atomic E-state index is 13.7. The fraction of sp³-hybridized carbons (Fsp3) is 0.889. The molecule has 0 bridgehead atoms. The van der Waals surface area contributed by atoms with E-state index in [4.69, 9.17) is 0 Å². The van der Waals surface area contributed by atoms with Crippen molar-refractivity contribution in [2.75, 3.05) is 0 Å². The molecule has 0 spiro atoms. The molecule has 0 saturated heterocycles. The Hall–Kier alpha value is -1.67. The Bertz CT molecular complexity index is 1190. The van der Waals surface area contributed by atoms with E-state index in [1.807, 2.05) is 6.92 Å². The number of Topliss-reactive ketones (excluding diaryl/α,β-unsaturated/α-hetero) is 2. The number of carbonyl (C=O) groups excluding carboxylic acids is 3. The number of esters is 1. The van der Waals surface area contributed by atoms with Crippen LogP contribution in [0.5, 0.6) is 0 Å². The normalized spacial score (nSPS) is 39.4. The van der Waals surface area contributed by atoms with E-state index in [-0.39, 0.29) is 53.0 Å². The monoisotopic (exact) mass is 615 g/mol. The lowest BCUT2D eigenvalue weighted by Crippen LogP contribution is -2.61. The highest BCUT2D eigenvalue weighted by Crippen LogP contribution is 2.67. The third-order valence-corrected chi connectivity index (χ3v) is 12.0. The van der Waals surface area contributed by atoms with Crippen LogP contribution in [-0.4, -0.2) is 59.3 Å². The van der Waals surface area contributed by atoms with Gasteiger partial charge in [0.05, 0.1) is 6.10 Å². The van der Waals surface area contributed by atoms with E-state index < -0.39 is 57.5 Å². The zero-order valence-electron chi connectivity index (χ0n) is 23.1. The van der Waals surface area contributed by atoms with Crippen molar-refractivity contribution in [3.05, 3.63) is 0 Å². The van der Waals surface area contributed by atoms with Gasteiger partial charge in [0.2, 0.25) is 0 Å². The summed E-state index contributed by atoms with van der Waals surface area (Å²) in [6, 6.07) is 0. The molecule has 10 atom stereocenters. The number of halogens is 5. The molecule has 0 aromatic rings. The van der Waals surface area contributed by atoms with Crippen LogP contribution in [0.4, 0.5) is 22.0 Å². The van der Waals surface area contributed by atoms with E-state index in [1.165, 1.54) is 0 Å². The number of rotatable bonds is 7. The van der Waals surface area contributed by atoms with Crippen LogP contribution in [0.3, 0.4) is 0 Å². The Morgan fingerprint density at radius 3 is 2.34 bits per heavy atom. The number of aliphatic hydroxyl groups is 1. The van der Waals surface area contributed by atoms with Crippen molar-refractivity contribution in [1.82, 2.24) is 0 Å². The number of fused-ring (bicyclic) bond motifs is 5. The van der Waals surface area contributed by atoms with Gasteiger partial charge in [0.15, 0.2) is 10.1 Å². The first-order valence-electron chi connectivity index (χ1n) is 14.0. The standard InChI is InChI=1S/C27H37F5O8S/c1-13(4-7-21(36)40-23(26(28,29)30)27(31,32)41(37,38)39)16-5-6-17-22-18(12-20(35)25(16,17)3)24(2)9-8-15(33)10-14(24)11-19(22)34/h13-14,16-18,20,22-23,35H,4-12H2,1-3H3,(H,37,38,39)/p-1/t13-,14+,16-,17+,18+,20?,22+,23?,24+,25-/m1/s1. The van der Waals surface area contributed by atoms with Crippen molar-refractivity contribution in [3.8, 4) is 0 Å². The maximum Gasteiger partial charge on any atom is 0.432 e. The summed E-state index contributed by atoms with van der Waals surface area (Å²) in [4.78, 5) is 37.8. The minimum atomic E-state index is -6.78. The van der Waals surface area contributed by atoms with Gasteiger partial charge in [-0.05, 0) is 67.1 Å². The first-order chi connectivity index (χ1) is 18.7. The van der Waals surface area contributed by atoms with Crippen LogP contribution >= 0.6 is 0 Å². The summed E-state index contributed by atoms with van der Waals surface area (Å²) in [7, 11) is -6.78. The predicted octanol–water partition coefficient (Wildman–Crippen LogP) is 4.39. The van der Waals surface area contributed by atoms with Crippen LogP contribution in [0.25, 0.3) is 0 Å². The second kappa shape index (κ2) is 10.5. The van der Waals surface area contributed by atoms with Gasteiger partial charge in [0.1, 0.15) is 11.6 Å². The molecule has 0 radical (unpaired) electrons. The fourth-order valence-electron chi connectivity index (χ4n) is 8.85. The quantitative estimate of drug-likeness (QED) is 0.253. The SMILES string of the molecule is C[C@H](CCC(=O)OC(C(F)(F)F)C(F)(F)S(=O)(=O)[O-])[C@H]1CC[C@H]2[C@@H]3C(=O)C[C@@H]4CC(=O)CC[C@]4(C)[C@H]3CC(O)[C@]12C. The Morgan fingerprint density at radius 1 is 1.12 bits per heavy atom. The van der Waals surface area contributed by atoms with E-state index >= 15 is 0 Å². The van der Waals surface area contributed by atoms with E-state index in [9.17, 15) is 54.4 Å². The predicted molar refractivity (Wildman–Crippen MR) is 131 cm³/mol. The summed E-state index contributed by atoms with van der Waals surface area (Å²) < 4.78 is 103. The third kappa shape index (κ3) is 5.34. The van der Waals surface area contributed by atoms with Gasteiger partial charge in [-0.25, -0.2) is 8.42 Å². The molecule has 0 aromatic heterocycles. The lowest BCUT2D eigenvalue weighted by atomic mass is 9.43. The van der Waals surface area contributed by atoms with Gasteiger partial charge < -0.3 is 14.4 Å². The van der Waals surface area contributed by atoms with E-state index in [0.29, 0.717) is 44.9 Å². The molecular formula is C27H36F5O8S-. The molecule has 0 heterocycles. The average Bonchev–Trinajstić information content (AvgIpc) is 3.19. The van der Waals surface area contributed by atoms with Crippen LogP contribution in [0.2, 0.25) is 0 Å². The third-order valence-electron chi connectivity index (χ3n) is 11.1. The molecule has 4 saturated carbocycles. The van der Waals surface area contributed by atoms with Crippen molar-refractivity contribution in [3.63, 3.8) is 0 Å². The average molecular weight is 616 g/mol. The number of ether oxygens (including phenoxy) is 1. The molecule has 1 N–H and O–H groups in total. The number of hydrogen-bond donors (Lipinski definition) is 1. The Kier molecular flexibility index (Phi) is 8.26. The molecule has 4 aliphatic rings. The minimum absolute atomic E-state index is 0.0549. The fourth-order valence-corrected chi connectivity index (χ4v) is 9.30. The van der Waals surface area contributed by atoms with Crippen LogP contribution in [0, 0.1) is 46.3 Å². The Labute approximate surface area is 235 Å². The van der Waals surface area contributed by atoms with Crippen LogP contribution in [-0.2, 0) is 29.2 Å². The van der Waals surface area contributed by atoms with Crippen molar-refractivity contribution in [1.29, 1.82) is 0 Å². The summed E-state index contributed by atoms with van der Waals surface area (Å²) >= 11 is 0. The van der Waals surface area contributed by atoms with Gasteiger partial charge in [-0.3, -0.25) is 14.4 Å². The molecule has 0 aliphatic heterocycles. The van der Waals surface area contributed by atoms with Gasteiger partial charge in [0.25, 0.3) is 6.10 Å². The lowest BCUT2D eigenvalue weighted by molar-refractivity contribution is -0.259. The molecule has 14 heteroatoms. The highest BCUT2D eigenvalue weighted by molar-refractivity contribution is 7.86. The summed E-state index contributed by atoms with van der Waals surface area (Å²) in [6.07, 6.45) is -8.80. The van der Waals surface area contributed by atoms with E-state index in [0.717, 1.165) is 0 Å². The number of ketones is 2. The molecule has 41 heavy (non-hydrogen) atoms. The number of aliphatic hydroxyl groups excluding tert-OH is 1. The molecular weight excluding hydrogens is 579 g/mol.